The standard InChI is InChI=1S/C15H16BFN4O/c1-11(12-2-4-14(17)5-3-12)19-20-15(22)13-6-8-21(9-7-13)16-10-18/h2-9,11,19H,16H2,1H3,(H,20,22)/t11-/m0/s1. The molecule has 2 rings (SSSR count). The molecule has 2 N–H and O–H groups in total. The molecule has 2 aromatic rings. The molecule has 0 spiro atoms. The number of pyridine rings is 1. The number of carbonyl (C=O) groups excluding carboxylic acids is 1. The van der Waals surface area contributed by atoms with Crippen LogP contribution in [-0.4, -0.2) is 13.3 Å². The van der Waals surface area contributed by atoms with E-state index in [0.717, 1.165) is 5.56 Å². The monoisotopic (exact) mass is 298 g/mol. The summed E-state index contributed by atoms with van der Waals surface area (Å²) in [7, 11) is -0.840. The van der Waals surface area contributed by atoms with Crippen molar-refractivity contribution >= 4 is 13.3 Å². The van der Waals surface area contributed by atoms with Gasteiger partial charge in [-0.15, -0.1) is 0 Å². The summed E-state index contributed by atoms with van der Waals surface area (Å²) in [5, 5.41) is 8.64. The second kappa shape index (κ2) is 7.34. The van der Waals surface area contributed by atoms with Crippen LogP contribution in [0.2, 0.25) is 0 Å². The third-order valence-corrected chi connectivity index (χ3v) is 3.37. The summed E-state index contributed by atoms with van der Waals surface area (Å²) in [6.45, 7) is 1.87. The van der Waals surface area contributed by atoms with Crippen molar-refractivity contribution in [2.45, 2.75) is 13.0 Å². The highest BCUT2D eigenvalue weighted by molar-refractivity contribution is 6.35. The van der Waals surface area contributed by atoms with Gasteiger partial charge in [-0.05, 0) is 24.6 Å². The summed E-state index contributed by atoms with van der Waals surface area (Å²) in [5.41, 5.74) is 6.87. The molecule has 1 heterocycles. The number of nitrogens with zero attached hydrogens (tertiary/aromatic N) is 2. The highest BCUT2D eigenvalue weighted by atomic mass is 19.1. The van der Waals surface area contributed by atoms with Crippen molar-refractivity contribution in [2.75, 3.05) is 0 Å². The van der Waals surface area contributed by atoms with Gasteiger partial charge in [0.25, 0.3) is 5.91 Å². The van der Waals surface area contributed by atoms with E-state index in [4.69, 9.17) is 5.26 Å². The normalized spacial score (nSPS) is 11.5. The number of hydrogen-bond donors (Lipinski definition) is 2. The summed E-state index contributed by atoms with van der Waals surface area (Å²) in [6.07, 6.45) is 3.45. The number of rotatable bonds is 5. The quantitative estimate of drug-likeness (QED) is 0.625. The average molecular weight is 298 g/mol. The molecule has 0 unspecified atom stereocenters. The van der Waals surface area contributed by atoms with Gasteiger partial charge in [-0.3, -0.25) is 10.2 Å². The third kappa shape index (κ3) is 4.14. The van der Waals surface area contributed by atoms with Gasteiger partial charge in [0.05, 0.1) is 5.56 Å². The summed E-state index contributed by atoms with van der Waals surface area (Å²) in [5.74, 6) is 1.58. The molecular formula is C15H16BFN4O. The molecule has 0 saturated carbocycles. The largest absolute Gasteiger partial charge is 0.420 e. The lowest BCUT2D eigenvalue weighted by atomic mass is 9.98. The van der Waals surface area contributed by atoms with Crippen molar-refractivity contribution in [3.8, 4) is 5.97 Å². The Morgan fingerprint density at radius 2 is 1.91 bits per heavy atom. The SMILES string of the molecule is C[C@H](NNC(=O)c1cc[n+]([BH2-]C#N)cc1)c1ccc(F)cc1. The molecule has 0 bridgehead atoms. The Labute approximate surface area is 128 Å². The van der Waals surface area contributed by atoms with Gasteiger partial charge in [0.2, 0.25) is 0 Å². The second-order valence-electron chi connectivity index (χ2n) is 5.07. The van der Waals surface area contributed by atoms with Gasteiger partial charge in [-0.2, -0.15) is 0 Å². The van der Waals surface area contributed by atoms with Gasteiger partial charge in [0.15, 0.2) is 0 Å². The topological polar surface area (TPSA) is 68.8 Å². The zero-order valence-electron chi connectivity index (χ0n) is 12.4. The maximum atomic E-state index is 12.9. The predicted molar refractivity (Wildman–Crippen MR) is 81.6 cm³/mol. The summed E-state index contributed by atoms with van der Waals surface area (Å²) in [4.78, 5) is 12.0. The number of aromatic nitrogens is 1. The molecule has 0 saturated heterocycles. The summed E-state index contributed by atoms with van der Waals surface area (Å²) in [6, 6.07) is 9.27. The molecule has 7 heteroatoms. The molecule has 1 amide bonds. The lowest BCUT2D eigenvalue weighted by Crippen LogP contribution is -2.41. The van der Waals surface area contributed by atoms with Crippen molar-refractivity contribution in [1.82, 2.24) is 10.9 Å². The molecular weight excluding hydrogens is 282 g/mol. The van der Waals surface area contributed by atoms with E-state index in [1.807, 2.05) is 6.92 Å². The van der Waals surface area contributed by atoms with Crippen LogP contribution in [0.15, 0.2) is 48.8 Å². The van der Waals surface area contributed by atoms with E-state index >= 15 is 0 Å². The zero-order valence-corrected chi connectivity index (χ0v) is 12.4. The van der Waals surface area contributed by atoms with Crippen molar-refractivity contribution in [1.29, 1.82) is 5.26 Å². The third-order valence-electron chi connectivity index (χ3n) is 3.37. The number of nitrogens with one attached hydrogen (secondary N) is 2. The van der Waals surface area contributed by atoms with Crippen LogP contribution in [0.25, 0.3) is 0 Å². The predicted octanol–water partition coefficient (Wildman–Crippen LogP) is 0.522. The Morgan fingerprint density at radius 3 is 2.50 bits per heavy atom. The number of amides is 1. The smallest absolute Gasteiger partial charge is 0.349 e. The fourth-order valence-corrected chi connectivity index (χ4v) is 2.00. The van der Waals surface area contributed by atoms with Gasteiger partial charge in [0.1, 0.15) is 18.2 Å². The van der Waals surface area contributed by atoms with Crippen LogP contribution in [0.1, 0.15) is 28.9 Å². The molecule has 0 radical (unpaired) electrons. The van der Waals surface area contributed by atoms with Crippen LogP contribution in [0.5, 0.6) is 0 Å². The fraction of sp³-hybridized carbons (Fsp3) is 0.133. The van der Waals surface area contributed by atoms with Gasteiger partial charge in [-0.1, -0.05) is 18.1 Å². The zero-order chi connectivity index (χ0) is 15.9. The molecule has 0 fully saturated rings. The fourth-order valence-electron chi connectivity index (χ4n) is 2.00. The van der Waals surface area contributed by atoms with Gasteiger partial charge >= 0.3 is 7.41 Å². The highest BCUT2D eigenvalue weighted by Gasteiger charge is 2.09. The molecule has 1 aromatic heterocycles. The Balaban J connectivity index is 1.91. The van der Waals surface area contributed by atoms with Crippen LogP contribution in [-0.2, 0) is 0 Å². The number of carbonyl (C=O) groups is 1. The molecule has 22 heavy (non-hydrogen) atoms. The van der Waals surface area contributed by atoms with Crippen LogP contribution in [0.4, 0.5) is 4.39 Å². The Hall–Kier alpha value is -2.72. The molecule has 1 aromatic carbocycles. The minimum Gasteiger partial charge on any atom is -0.420 e. The molecule has 5 nitrogen and oxygen atoms in total. The van der Waals surface area contributed by atoms with E-state index in [-0.39, 0.29) is 17.8 Å². The minimum absolute atomic E-state index is 0.150. The molecule has 0 aliphatic rings. The summed E-state index contributed by atoms with van der Waals surface area (Å²) >= 11 is 0. The first kappa shape index (κ1) is 15.7. The van der Waals surface area contributed by atoms with Crippen LogP contribution < -0.4 is 15.3 Å². The molecule has 112 valence electrons. The Bertz CT molecular complexity index is 682. The van der Waals surface area contributed by atoms with E-state index in [1.54, 1.807) is 41.1 Å². The molecule has 1 atom stereocenters. The maximum Gasteiger partial charge on any atom is 0.349 e. The van der Waals surface area contributed by atoms with Crippen molar-refractivity contribution in [3.63, 3.8) is 0 Å². The number of nitriles is 1. The van der Waals surface area contributed by atoms with Gasteiger partial charge in [-0.25, -0.2) is 15.1 Å². The van der Waals surface area contributed by atoms with E-state index in [2.05, 4.69) is 16.8 Å². The lowest BCUT2D eigenvalue weighted by molar-refractivity contribution is -0.527. The van der Waals surface area contributed by atoms with E-state index in [1.165, 1.54) is 12.1 Å². The Morgan fingerprint density at radius 1 is 1.27 bits per heavy atom. The molecule has 0 aliphatic carbocycles. The van der Waals surface area contributed by atoms with Gasteiger partial charge in [0, 0.05) is 18.2 Å². The first-order valence-corrected chi connectivity index (χ1v) is 7.05. The average Bonchev–Trinajstić information content (AvgIpc) is 2.54. The van der Waals surface area contributed by atoms with Gasteiger partial charge < -0.3 is 4.48 Å². The van der Waals surface area contributed by atoms with Crippen molar-refractivity contribution < 1.29 is 13.7 Å². The Kier molecular flexibility index (Phi) is 5.23. The number of halogens is 1. The summed E-state index contributed by atoms with van der Waals surface area (Å²) < 4.78 is 14.7. The van der Waals surface area contributed by atoms with Crippen LogP contribution in [0.3, 0.4) is 0 Å². The minimum atomic E-state index is -0.840. The second-order valence-corrected chi connectivity index (χ2v) is 5.07. The van der Waals surface area contributed by atoms with Crippen LogP contribution >= 0.6 is 0 Å². The lowest BCUT2D eigenvalue weighted by Gasteiger charge is -2.15. The van der Waals surface area contributed by atoms with E-state index < -0.39 is 7.41 Å². The van der Waals surface area contributed by atoms with E-state index in [0.29, 0.717) is 5.56 Å². The number of hydrazine groups is 1. The first-order chi connectivity index (χ1) is 10.6. The maximum absolute atomic E-state index is 12.9. The number of benzene rings is 1. The number of hydrogen-bond acceptors (Lipinski definition) is 3. The van der Waals surface area contributed by atoms with Crippen molar-refractivity contribution in [2.24, 2.45) is 0 Å². The highest BCUT2D eigenvalue weighted by Crippen LogP contribution is 2.11. The molecule has 0 aliphatic heterocycles. The van der Waals surface area contributed by atoms with Crippen LogP contribution in [0, 0.1) is 17.0 Å². The first-order valence-electron chi connectivity index (χ1n) is 7.05. The van der Waals surface area contributed by atoms with E-state index in [9.17, 15) is 9.18 Å². The van der Waals surface area contributed by atoms with Crippen molar-refractivity contribution in [3.05, 3.63) is 65.7 Å².